The number of hydrogen-bond donors (Lipinski definition) is 2. The van der Waals surface area contributed by atoms with Crippen LogP contribution in [-0.2, 0) is 0 Å². The Bertz CT molecular complexity index is 487. The SMILES string of the molecule is NNc1ccc2ccc(Cl)c(F)c2n1. The molecule has 3 N–H and O–H groups in total. The van der Waals surface area contributed by atoms with Crippen molar-refractivity contribution in [3.63, 3.8) is 0 Å². The van der Waals surface area contributed by atoms with E-state index in [-0.39, 0.29) is 10.5 Å². The largest absolute Gasteiger partial charge is 0.308 e. The third-order valence-corrected chi connectivity index (χ3v) is 2.19. The van der Waals surface area contributed by atoms with E-state index in [9.17, 15) is 4.39 Å². The molecule has 0 bridgehead atoms. The molecule has 2 rings (SSSR count). The molecule has 0 fully saturated rings. The third kappa shape index (κ3) is 1.38. The van der Waals surface area contributed by atoms with Crippen molar-refractivity contribution in [3.8, 4) is 0 Å². The summed E-state index contributed by atoms with van der Waals surface area (Å²) in [5.74, 6) is 5.04. The molecule has 0 radical (unpaired) electrons. The fourth-order valence-electron chi connectivity index (χ4n) is 1.21. The summed E-state index contributed by atoms with van der Waals surface area (Å²) in [5.41, 5.74) is 2.56. The van der Waals surface area contributed by atoms with E-state index in [1.54, 1.807) is 18.2 Å². The van der Waals surface area contributed by atoms with Gasteiger partial charge < -0.3 is 5.43 Å². The Morgan fingerprint density at radius 1 is 1.29 bits per heavy atom. The number of benzene rings is 1. The summed E-state index contributed by atoms with van der Waals surface area (Å²) in [4.78, 5) is 3.96. The van der Waals surface area contributed by atoms with Gasteiger partial charge in [0.1, 0.15) is 11.3 Å². The average Bonchev–Trinajstić information content (AvgIpc) is 2.23. The van der Waals surface area contributed by atoms with E-state index in [0.717, 1.165) is 0 Å². The predicted molar refractivity (Wildman–Crippen MR) is 54.5 cm³/mol. The van der Waals surface area contributed by atoms with Gasteiger partial charge in [-0.3, -0.25) is 0 Å². The Morgan fingerprint density at radius 2 is 2.00 bits per heavy atom. The van der Waals surface area contributed by atoms with Crippen molar-refractivity contribution in [2.24, 2.45) is 5.84 Å². The van der Waals surface area contributed by atoms with Gasteiger partial charge in [0.2, 0.25) is 0 Å². The maximum atomic E-state index is 13.5. The highest BCUT2D eigenvalue weighted by Crippen LogP contribution is 2.23. The monoisotopic (exact) mass is 211 g/mol. The van der Waals surface area contributed by atoms with Crippen LogP contribution in [0.4, 0.5) is 10.2 Å². The zero-order valence-electron chi connectivity index (χ0n) is 7.09. The molecule has 0 saturated carbocycles. The van der Waals surface area contributed by atoms with Crippen LogP contribution in [0.3, 0.4) is 0 Å². The van der Waals surface area contributed by atoms with E-state index < -0.39 is 5.82 Å². The van der Waals surface area contributed by atoms with Crippen LogP contribution in [0.1, 0.15) is 0 Å². The topological polar surface area (TPSA) is 50.9 Å². The first-order chi connectivity index (χ1) is 6.72. The lowest BCUT2D eigenvalue weighted by molar-refractivity contribution is 0.637. The van der Waals surface area contributed by atoms with E-state index in [4.69, 9.17) is 17.4 Å². The van der Waals surface area contributed by atoms with Crippen molar-refractivity contribution in [2.45, 2.75) is 0 Å². The second-order valence-corrected chi connectivity index (χ2v) is 3.18. The quantitative estimate of drug-likeness (QED) is 0.562. The van der Waals surface area contributed by atoms with Crippen molar-refractivity contribution in [1.29, 1.82) is 0 Å². The number of halogens is 2. The number of nitrogens with two attached hydrogens (primary N) is 1. The molecule has 0 aliphatic heterocycles. The molecule has 5 heteroatoms. The Labute approximate surface area is 84.7 Å². The Hall–Kier alpha value is -1.39. The van der Waals surface area contributed by atoms with Gasteiger partial charge in [0.15, 0.2) is 5.82 Å². The minimum atomic E-state index is -0.527. The highest BCUT2D eigenvalue weighted by molar-refractivity contribution is 6.31. The van der Waals surface area contributed by atoms with Gasteiger partial charge in [0.05, 0.1) is 5.02 Å². The molecule has 0 amide bonds. The molecular weight excluding hydrogens is 205 g/mol. The van der Waals surface area contributed by atoms with Crippen molar-refractivity contribution in [3.05, 3.63) is 35.1 Å². The van der Waals surface area contributed by atoms with Crippen molar-refractivity contribution in [1.82, 2.24) is 4.98 Å². The number of fused-ring (bicyclic) bond motifs is 1. The lowest BCUT2D eigenvalue weighted by Crippen LogP contribution is -2.08. The standard InChI is InChI=1S/C9H7ClFN3/c10-6-3-1-5-2-4-7(14-12)13-9(5)8(6)11/h1-4H,12H2,(H,13,14). The highest BCUT2D eigenvalue weighted by atomic mass is 35.5. The van der Waals surface area contributed by atoms with Gasteiger partial charge in [-0.05, 0) is 18.2 Å². The number of rotatable bonds is 1. The summed E-state index contributed by atoms with van der Waals surface area (Å²) in [6, 6.07) is 6.58. The van der Waals surface area contributed by atoms with Crippen LogP contribution in [0.25, 0.3) is 10.9 Å². The number of nitrogens with zero attached hydrogens (tertiary/aromatic N) is 1. The molecule has 1 aromatic carbocycles. The highest BCUT2D eigenvalue weighted by Gasteiger charge is 2.07. The fourth-order valence-corrected chi connectivity index (χ4v) is 1.36. The zero-order valence-corrected chi connectivity index (χ0v) is 7.85. The van der Waals surface area contributed by atoms with Crippen LogP contribution in [0, 0.1) is 5.82 Å². The number of nitrogens with one attached hydrogen (secondary N) is 1. The fraction of sp³-hybridized carbons (Fsp3) is 0. The van der Waals surface area contributed by atoms with E-state index in [2.05, 4.69) is 10.4 Å². The molecule has 0 atom stereocenters. The maximum absolute atomic E-state index is 13.5. The second-order valence-electron chi connectivity index (χ2n) is 2.77. The number of aromatic nitrogens is 1. The molecule has 14 heavy (non-hydrogen) atoms. The molecule has 0 aliphatic carbocycles. The molecule has 1 aromatic heterocycles. The van der Waals surface area contributed by atoms with Crippen LogP contribution < -0.4 is 11.3 Å². The van der Waals surface area contributed by atoms with Crippen LogP contribution in [0.15, 0.2) is 24.3 Å². The van der Waals surface area contributed by atoms with Crippen LogP contribution >= 0.6 is 11.6 Å². The zero-order chi connectivity index (χ0) is 10.1. The van der Waals surface area contributed by atoms with Crippen LogP contribution in [0.5, 0.6) is 0 Å². The summed E-state index contributed by atoms with van der Waals surface area (Å²) in [6.45, 7) is 0. The minimum Gasteiger partial charge on any atom is -0.308 e. The Morgan fingerprint density at radius 3 is 2.71 bits per heavy atom. The van der Waals surface area contributed by atoms with Crippen LogP contribution in [-0.4, -0.2) is 4.98 Å². The molecule has 0 unspecified atom stereocenters. The normalized spacial score (nSPS) is 10.5. The number of hydrogen-bond acceptors (Lipinski definition) is 3. The predicted octanol–water partition coefficient (Wildman–Crippen LogP) is 2.31. The lowest BCUT2D eigenvalue weighted by atomic mass is 10.2. The van der Waals surface area contributed by atoms with Crippen molar-refractivity contribution in [2.75, 3.05) is 5.43 Å². The van der Waals surface area contributed by atoms with Gasteiger partial charge in [0, 0.05) is 5.39 Å². The molecule has 1 heterocycles. The molecular formula is C9H7ClFN3. The van der Waals surface area contributed by atoms with Gasteiger partial charge in [-0.2, -0.15) is 0 Å². The first-order valence-corrected chi connectivity index (χ1v) is 4.31. The van der Waals surface area contributed by atoms with Gasteiger partial charge in [0.25, 0.3) is 0 Å². The van der Waals surface area contributed by atoms with Gasteiger partial charge in [-0.1, -0.05) is 17.7 Å². The van der Waals surface area contributed by atoms with Crippen LogP contribution in [0.2, 0.25) is 5.02 Å². The molecule has 3 nitrogen and oxygen atoms in total. The summed E-state index contributed by atoms with van der Waals surface area (Å²) in [6.07, 6.45) is 0. The summed E-state index contributed by atoms with van der Waals surface area (Å²) in [5, 5.41) is 0.741. The number of pyridine rings is 1. The molecule has 0 spiro atoms. The van der Waals surface area contributed by atoms with Gasteiger partial charge >= 0.3 is 0 Å². The van der Waals surface area contributed by atoms with Gasteiger partial charge in [-0.25, -0.2) is 15.2 Å². The van der Waals surface area contributed by atoms with Crippen molar-refractivity contribution >= 4 is 28.3 Å². The first-order valence-electron chi connectivity index (χ1n) is 3.94. The Kier molecular flexibility index (Phi) is 2.23. The maximum Gasteiger partial charge on any atom is 0.168 e. The summed E-state index contributed by atoms with van der Waals surface area (Å²) >= 11 is 5.62. The number of anilines is 1. The molecule has 2 aromatic rings. The number of hydrazine groups is 1. The summed E-state index contributed by atoms with van der Waals surface area (Å²) < 4.78 is 13.5. The third-order valence-electron chi connectivity index (χ3n) is 1.90. The summed E-state index contributed by atoms with van der Waals surface area (Å²) in [7, 11) is 0. The molecule has 0 saturated heterocycles. The average molecular weight is 212 g/mol. The lowest BCUT2D eigenvalue weighted by Gasteiger charge is -2.03. The number of nitrogen functional groups attached to an aromatic ring is 1. The minimum absolute atomic E-state index is 0.0548. The van der Waals surface area contributed by atoms with E-state index in [1.807, 2.05) is 0 Å². The van der Waals surface area contributed by atoms with E-state index in [1.165, 1.54) is 6.07 Å². The van der Waals surface area contributed by atoms with E-state index >= 15 is 0 Å². The van der Waals surface area contributed by atoms with E-state index in [0.29, 0.717) is 11.2 Å². The van der Waals surface area contributed by atoms with Gasteiger partial charge in [-0.15, -0.1) is 0 Å². The van der Waals surface area contributed by atoms with Crippen molar-refractivity contribution < 1.29 is 4.39 Å². The first kappa shape index (κ1) is 9.18. The molecule has 72 valence electrons. The Balaban J connectivity index is 2.78. The smallest absolute Gasteiger partial charge is 0.168 e. The molecule has 0 aliphatic rings. The second kappa shape index (κ2) is 3.40.